The SMILES string of the molecule is Cc1ccccc1C(C)Nc1ccc(F)cn1. The lowest BCUT2D eigenvalue weighted by atomic mass is 10.0. The summed E-state index contributed by atoms with van der Waals surface area (Å²) in [6.45, 7) is 4.14. The predicted molar refractivity (Wildman–Crippen MR) is 67.4 cm³/mol. The molecule has 1 heterocycles. The summed E-state index contributed by atoms with van der Waals surface area (Å²) in [5, 5.41) is 3.25. The molecule has 17 heavy (non-hydrogen) atoms. The van der Waals surface area contributed by atoms with Crippen LogP contribution in [0, 0.1) is 12.7 Å². The molecule has 0 saturated heterocycles. The van der Waals surface area contributed by atoms with Gasteiger partial charge in [0.15, 0.2) is 0 Å². The largest absolute Gasteiger partial charge is 0.364 e. The summed E-state index contributed by atoms with van der Waals surface area (Å²) < 4.78 is 12.7. The molecule has 0 aliphatic carbocycles. The Morgan fingerprint density at radius 1 is 1.18 bits per heavy atom. The number of halogens is 1. The van der Waals surface area contributed by atoms with Crippen molar-refractivity contribution in [2.24, 2.45) is 0 Å². The molecule has 2 nitrogen and oxygen atoms in total. The molecule has 0 spiro atoms. The monoisotopic (exact) mass is 230 g/mol. The third-order valence-corrected chi connectivity index (χ3v) is 2.75. The van der Waals surface area contributed by atoms with Gasteiger partial charge in [0, 0.05) is 0 Å². The fraction of sp³-hybridized carbons (Fsp3) is 0.214. The van der Waals surface area contributed by atoms with Crippen molar-refractivity contribution in [2.45, 2.75) is 19.9 Å². The molecule has 1 atom stereocenters. The lowest BCUT2D eigenvalue weighted by Gasteiger charge is -2.16. The number of nitrogens with one attached hydrogen (secondary N) is 1. The minimum absolute atomic E-state index is 0.147. The van der Waals surface area contributed by atoms with Gasteiger partial charge in [-0.05, 0) is 37.1 Å². The molecule has 0 radical (unpaired) electrons. The fourth-order valence-corrected chi connectivity index (χ4v) is 1.83. The number of rotatable bonds is 3. The van der Waals surface area contributed by atoms with Crippen molar-refractivity contribution in [3.63, 3.8) is 0 Å². The van der Waals surface area contributed by atoms with Crippen LogP contribution in [-0.4, -0.2) is 4.98 Å². The van der Waals surface area contributed by atoms with Gasteiger partial charge in [-0.1, -0.05) is 24.3 Å². The van der Waals surface area contributed by atoms with E-state index in [0.717, 1.165) is 0 Å². The van der Waals surface area contributed by atoms with E-state index < -0.39 is 0 Å². The van der Waals surface area contributed by atoms with Gasteiger partial charge < -0.3 is 5.32 Å². The van der Waals surface area contributed by atoms with Crippen LogP contribution in [0.1, 0.15) is 24.1 Å². The van der Waals surface area contributed by atoms with Gasteiger partial charge in [-0.2, -0.15) is 0 Å². The summed E-state index contributed by atoms with van der Waals surface area (Å²) in [5.74, 6) is 0.362. The molecule has 0 aliphatic heterocycles. The van der Waals surface area contributed by atoms with Gasteiger partial charge in [-0.25, -0.2) is 9.37 Å². The van der Waals surface area contributed by atoms with Gasteiger partial charge in [0.2, 0.25) is 0 Å². The maximum Gasteiger partial charge on any atom is 0.141 e. The van der Waals surface area contributed by atoms with Gasteiger partial charge in [0.25, 0.3) is 0 Å². The summed E-state index contributed by atoms with van der Waals surface area (Å²) in [4.78, 5) is 3.99. The first-order chi connectivity index (χ1) is 8.16. The number of aromatic nitrogens is 1. The Kier molecular flexibility index (Phi) is 3.38. The van der Waals surface area contributed by atoms with Crippen LogP contribution in [0.5, 0.6) is 0 Å². The summed E-state index contributed by atoms with van der Waals surface area (Å²) in [7, 11) is 0. The lowest BCUT2D eigenvalue weighted by Crippen LogP contribution is -2.09. The van der Waals surface area contributed by atoms with Crippen LogP contribution in [0.25, 0.3) is 0 Å². The van der Waals surface area contributed by atoms with E-state index in [2.05, 4.69) is 36.3 Å². The van der Waals surface area contributed by atoms with E-state index in [9.17, 15) is 4.39 Å². The highest BCUT2D eigenvalue weighted by Crippen LogP contribution is 2.20. The quantitative estimate of drug-likeness (QED) is 0.869. The van der Waals surface area contributed by atoms with E-state index in [-0.39, 0.29) is 11.9 Å². The topological polar surface area (TPSA) is 24.9 Å². The van der Waals surface area contributed by atoms with Crippen molar-refractivity contribution in [2.75, 3.05) is 5.32 Å². The molecule has 1 unspecified atom stereocenters. The normalized spacial score (nSPS) is 12.2. The average Bonchev–Trinajstić information content (AvgIpc) is 2.32. The third-order valence-electron chi connectivity index (χ3n) is 2.75. The zero-order valence-electron chi connectivity index (χ0n) is 9.94. The summed E-state index contributed by atoms with van der Waals surface area (Å²) in [5.41, 5.74) is 2.45. The second-order valence-corrected chi connectivity index (χ2v) is 4.08. The molecule has 1 N–H and O–H groups in total. The zero-order valence-corrected chi connectivity index (χ0v) is 9.94. The minimum Gasteiger partial charge on any atom is -0.364 e. The number of nitrogens with zero attached hydrogens (tertiary/aromatic N) is 1. The molecule has 0 bridgehead atoms. The summed E-state index contributed by atoms with van der Waals surface area (Å²) in [6.07, 6.45) is 1.22. The van der Waals surface area contributed by atoms with Crippen molar-refractivity contribution >= 4 is 5.82 Å². The first-order valence-corrected chi connectivity index (χ1v) is 5.60. The Bertz CT molecular complexity index is 494. The summed E-state index contributed by atoms with van der Waals surface area (Å²) in [6, 6.07) is 11.4. The van der Waals surface area contributed by atoms with Gasteiger partial charge in [-0.3, -0.25) is 0 Å². The van der Waals surface area contributed by atoms with Crippen molar-refractivity contribution in [3.8, 4) is 0 Å². The molecule has 3 heteroatoms. The number of pyridine rings is 1. The molecular weight excluding hydrogens is 215 g/mol. The highest BCUT2D eigenvalue weighted by molar-refractivity contribution is 5.39. The first-order valence-electron chi connectivity index (χ1n) is 5.60. The maximum absolute atomic E-state index is 12.7. The second kappa shape index (κ2) is 4.95. The molecule has 2 rings (SSSR count). The van der Waals surface area contributed by atoms with Gasteiger partial charge in [0.1, 0.15) is 11.6 Å². The van der Waals surface area contributed by atoms with E-state index in [1.165, 1.54) is 23.4 Å². The van der Waals surface area contributed by atoms with Crippen LogP contribution >= 0.6 is 0 Å². The Morgan fingerprint density at radius 3 is 2.59 bits per heavy atom. The smallest absolute Gasteiger partial charge is 0.141 e. The van der Waals surface area contributed by atoms with E-state index in [4.69, 9.17) is 0 Å². The van der Waals surface area contributed by atoms with Crippen LogP contribution < -0.4 is 5.32 Å². The standard InChI is InChI=1S/C14H15FN2/c1-10-5-3-4-6-13(10)11(2)17-14-8-7-12(15)9-16-14/h3-9,11H,1-2H3,(H,16,17). The predicted octanol–water partition coefficient (Wildman–Crippen LogP) is 3.70. The van der Waals surface area contributed by atoms with Gasteiger partial charge >= 0.3 is 0 Å². The van der Waals surface area contributed by atoms with Crippen molar-refractivity contribution < 1.29 is 4.39 Å². The molecule has 1 aromatic carbocycles. The van der Waals surface area contributed by atoms with Crippen molar-refractivity contribution in [1.82, 2.24) is 4.98 Å². The summed E-state index contributed by atoms with van der Waals surface area (Å²) >= 11 is 0. The molecule has 88 valence electrons. The molecular formula is C14H15FN2. The minimum atomic E-state index is -0.320. The van der Waals surface area contributed by atoms with Crippen LogP contribution in [-0.2, 0) is 0 Å². The third kappa shape index (κ3) is 2.81. The van der Waals surface area contributed by atoms with Crippen LogP contribution in [0.15, 0.2) is 42.6 Å². The van der Waals surface area contributed by atoms with E-state index in [0.29, 0.717) is 5.82 Å². The lowest BCUT2D eigenvalue weighted by molar-refractivity contribution is 0.621. The van der Waals surface area contributed by atoms with Gasteiger partial charge in [-0.15, -0.1) is 0 Å². The van der Waals surface area contributed by atoms with E-state index in [1.54, 1.807) is 6.07 Å². The number of hydrogen-bond acceptors (Lipinski definition) is 2. The Balaban J connectivity index is 2.14. The highest BCUT2D eigenvalue weighted by atomic mass is 19.1. The van der Waals surface area contributed by atoms with E-state index >= 15 is 0 Å². The Labute approximate surface area is 101 Å². The first kappa shape index (κ1) is 11.6. The fourth-order valence-electron chi connectivity index (χ4n) is 1.83. The van der Waals surface area contributed by atoms with Crippen LogP contribution in [0.2, 0.25) is 0 Å². The number of hydrogen-bond donors (Lipinski definition) is 1. The van der Waals surface area contributed by atoms with Crippen molar-refractivity contribution in [3.05, 3.63) is 59.5 Å². The number of anilines is 1. The number of benzene rings is 1. The molecule has 2 aromatic rings. The highest BCUT2D eigenvalue weighted by Gasteiger charge is 2.07. The molecule has 0 aliphatic rings. The Hall–Kier alpha value is -1.90. The number of aryl methyl sites for hydroxylation is 1. The average molecular weight is 230 g/mol. The zero-order chi connectivity index (χ0) is 12.3. The Morgan fingerprint density at radius 2 is 1.94 bits per heavy atom. The van der Waals surface area contributed by atoms with Crippen molar-refractivity contribution in [1.29, 1.82) is 0 Å². The van der Waals surface area contributed by atoms with Gasteiger partial charge in [0.05, 0.1) is 12.2 Å². The van der Waals surface area contributed by atoms with Crippen LogP contribution in [0.3, 0.4) is 0 Å². The van der Waals surface area contributed by atoms with Crippen LogP contribution in [0.4, 0.5) is 10.2 Å². The molecule has 1 aromatic heterocycles. The molecule has 0 fully saturated rings. The second-order valence-electron chi connectivity index (χ2n) is 4.08. The molecule has 0 saturated carbocycles. The van der Waals surface area contributed by atoms with E-state index in [1.807, 2.05) is 12.1 Å². The maximum atomic E-state index is 12.7. The molecule has 0 amide bonds.